The third kappa shape index (κ3) is 10.2. The minimum absolute atomic E-state index is 0.00202. The van der Waals surface area contributed by atoms with Crippen LogP contribution in [0.5, 0.6) is 0 Å². The number of carbonyl (C=O) groups excluding carboxylic acids is 4. The molecule has 12 heteroatoms. The summed E-state index contributed by atoms with van der Waals surface area (Å²) in [5.41, 5.74) is 4.95. The van der Waals surface area contributed by atoms with Crippen molar-refractivity contribution in [2.24, 2.45) is 11.7 Å². The van der Waals surface area contributed by atoms with E-state index in [1.165, 1.54) is 6.33 Å². The zero-order valence-corrected chi connectivity index (χ0v) is 27.9. The SMILES string of the molecule is CC(C)CNC(=O)[C@@](NC(=O)OC(C)(C)C)([C@@H](Cc1ccccc1)c1ccccc1)N(C(=O)CCCO)C(=O)[C@H](N)Cc1c[nH]cn1. The van der Waals surface area contributed by atoms with Crippen LogP contribution in [0, 0.1) is 5.92 Å². The first-order valence-electron chi connectivity index (χ1n) is 15.9. The quantitative estimate of drug-likeness (QED) is 0.156. The molecule has 0 saturated carbocycles. The number of hydrogen-bond donors (Lipinski definition) is 5. The molecule has 0 aliphatic rings. The lowest BCUT2D eigenvalue weighted by Gasteiger charge is -2.47. The minimum atomic E-state index is -2.37. The third-order valence-corrected chi connectivity index (χ3v) is 7.37. The van der Waals surface area contributed by atoms with Crippen molar-refractivity contribution in [3.8, 4) is 0 Å². The van der Waals surface area contributed by atoms with Gasteiger partial charge in [-0.1, -0.05) is 74.5 Å². The van der Waals surface area contributed by atoms with Crippen molar-refractivity contribution in [3.05, 3.63) is 90.0 Å². The lowest BCUT2D eigenvalue weighted by atomic mass is 9.78. The number of aliphatic hydroxyl groups excluding tert-OH is 1. The summed E-state index contributed by atoms with van der Waals surface area (Å²) >= 11 is 0. The summed E-state index contributed by atoms with van der Waals surface area (Å²) < 4.78 is 5.68. The Labute approximate surface area is 276 Å². The molecule has 12 nitrogen and oxygen atoms in total. The fraction of sp³-hybridized carbons (Fsp3) is 0.457. The van der Waals surface area contributed by atoms with Crippen LogP contribution in [0.25, 0.3) is 0 Å². The fourth-order valence-electron chi connectivity index (χ4n) is 5.26. The number of rotatable bonds is 15. The van der Waals surface area contributed by atoms with Crippen molar-refractivity contribution in [1.82, 2.24) is 25.5 Å². The molecule has 0 unspecified atom stereocenters. The number of imide groups is 1. The molecule has 47 heavy (non-hydrogen) atoms. The Bertz CT molecular complexity index is 1440. The maximum absolute atomic E-state index is 14.9. The van der Waals surface area contributed by atoms with Crippen LogP contribution < -0.4 is 16.4 Å². The summed E-state index contributed by atoms with van der Waals surface area (Å²) in [5.74, 6) is -3.53. The van der Waals surface area contributed by atoms with Crippen LogP contribution in [0.2, 0.25) is 0 Å². The molecule has 0 radical (unpaired) electrons. The summed E-state index contributed by atoms with van der Waals surface area (Å²) in [5, 5.41) is 15.3. The highest BCUT2D eigenvalue weighted by Gasteiger charge is 2.57. The third-order valence-electron chi connectivity index (χ3n) is 7.37. The number of aromatic nitrogens is 2. The van der Waals surface area contributed by atoms with Gasteiger partial charge in [0.25, 0.3) is 5.91 Å². The lowest BCUT2D eigenvalue weighted by Crippen LogP contribution is -2.75. The topological polar surface area (TPSA) is 180 Å². The number of ether oxygens (including phenoxy) is 1. The van der Waals surface area contributed by atoms with Crippen molar-refractivity contribution in [3.63, 3.8) is 0 Å². The molecule has 0 saturated heterocycles. The zero-order valence-electron chi connectivity index (χ0n) is 27.9. The maximum atomic E-state index is 14.9. The molecule has 254 valence electrons. The number of H-pyrrole nitrogens is 1. The molecule has 0 aliphatic carbocycles. The molecule has 3 atom stereocenters. The molecule has 3 aromatic rings. The first kappa shape index (κ1) is 36.9. The van der Waals surface area contributed by atoms with Crippen LogP contribution in [-0.2, 0) is 32.0 Å². The number of carbonyl (C=O) groups is 4. The van der Waals surface area contributed by atoms with Gasteiger partial charge >= 0.3 is 6.09 Å². The normalized spacial score (nSPS) is 14.0. The Kier molecular flexibility index (Phi) is 13.2. The van der Waals surface area contributed by atoms with E-state index in [0.29, 0.717) is 11.3 Å². The van der Waals surface area contributed by atoms with Crippen LogP contribution in [0.4, 0.5) is 4.79 Å². The molecule has 1 aromatic heterocycles. The summed E-state index contributed by atoms with van der Waals surface area (Å²) in [6.45, 7) is 8.64. The number of amides is 4. The predicted molar refractivity (Wildman–Crippen MR) is 178 cm³/mol. The Hall–Kier alpha value is -4.55. The Morgan fingerprint density at radius 2 is 1.64 bits per heavy atom. The number of hydrogen-bond acceptors (Lipinski definition) is 8. The molecule has 1 heterocycles. The largest absolute Gasteiger partial charge is 0.444 e. The van der Waals surface area contributed by atoms with Crippen molar-refractivity contribution >= 4 is 23.8 Å². The Morgan fingerprint density at radius 1 is 1.00 bits per heavy atom. The van der Waals surface area contributed by atoms with E-state index >= 15 is 0 Å². The Morgan fingerprint density at radius 3 is 2.19 bits per heavy atom. The second-order valence-corrected chi connectivity index (χ2v) is 12.9. The summed E-state index contributed by atoms with van der Waals surface area (Å²) in [6.07, 6.45) is 1.77. The fourth-order valence-corrected chi connectivity index (χ4v) is 5.26. The van der Waals surface area contributed by atoms with Gasteiger partial charge in [-0.3, -0.25) is 19.7 Å². The first-order chi connectivity index (χ1) is 22.3. The second kappa shape index (κ2) is 16.8. The molecule has 3 rings (SSSR count). The van der Waals surface area contributed by atoms with Crippen molar-refractivity contribution in [1.29, 1.82) is 0 Å². The van der Waals surface area contributed by atoms with E-state index in [9.17, 15) is 24.3 Å². The molecule has 0 bridgehead atoms. The van der Waals surface area contributed by atoms with E-state index in [2.05, 4.69) is 20.6 Å². The van der Waals surface area contributed by atoms with Gasteiger partial charge in [0, 0.05) is 38.1 Å². The van der Waals surface area contributed by atoms with E-state index in [1.807, 2.05) is 44.2 Å². The van der Waals surface area contributed by atoms with Crippen molar-refractivity contribution in [2.45, 2.75) is 83.5 Å². The highest BCUT2D eigenvalue weighted by molar-refractivity contribution is 6.06. The average molecular weight is 649 g/mol. The number of nitrogens with one attached hydrogen (secondary N) is 3. The number of imidazole rings is 1. The van der Waals surface area contributed by atoms with Gasteiger partial charge in [0.2, 0.25) is 17.5 Å². The number of nitrogens with two attached hydrogens (primary N) is 1. The molecule has 0 spiro atoms. The molecular formula is C35H48N6O6. The first-order valence-corrected chi connectivity index (χ1v) is 15.9. The molecule has 2 aromatic carbocycles. The molecule has 0 fully saturated rings. The van der Waals surface area contributed by atoms with Gasteiger partial charge in [-0.2, -0.15) is 0 Å². The van der Waals surface area contributed by atoms with Crippen molar-refractivity contribution < 1.29 is 29.0 Å². The number of aromatic amines is 1. The predicted octanol–water partition coefficient (Wildman–Crippen LogP) is 3.43. The van der Waals surface area contributed by atoms with Gasteiger partial charge in [0.15, 0.2) is 0 Å². The van der Waals surface area contributed by atoms with E-state index in [-0.39, 0.29) is 44.8 Å². The summed E-state index contributed by atoms with van der Waals surface area (Å²) in [4.78, 5) is 65.5. The van der Waals surface area contributed by atoms with E-state index in [4.69, 9.17) is 10.5 Å². The second-order valence-electron chi connectivity index (χ2n) is 12.9. The van der Waals surface area contributed by atoms with Gasteiger partial charge in [-0.05, 0) is 50.7 Å². The number of benzene rings is 2. The van der Waals surface area contributed by atoms with E-state index in [1.54, 1.807) is 57.3 Å². The number of alkyl carbamates (subject to hydrolysis) is 1. The monoisotopic (exact) mass is 648 g/mol. The zero-order chi connectivity index (χ0) is 34.6. The van der Waals surface area contributed by atoms with Crippen LogP contribution in [0.15, 0.2) is 73.2 Å². The summed E-state index contributed by atoms with van der Waals surface area (Å²) in [7, 11) is 0. The van der Waals surface area contributed by atoms with E-state index < -0.39 is 47.0 Å². The minimum Gasteiger partial charge on any atom is -0.444 e. The van der Waals surface area contributed by atoms with Crippen LogP contribution in [0.1, 0.15) is 70.2 Å². The van der Waals surface area contributed by atoms with Gasteiger partial charge in [-0.25, -0.2) is 14.7 Å². The summed E-state index contributed by atoms with van der Waals surface area (Å²) in [6, 6.07) is 16.8. The van der Waals surface area contributed by atoms with Gasteiger partial charge < -0.3 is 25.9 Å². The van der Waals surface area contributed by atoms with Gasteiger partial charge in [0.1, 0.15) is 5.60 Å². The van der Waals surface area contributed by atoms with E-state index in [0.717, 1.165) is 10.5 Å². The maximum Gasteiger partial charge on any atom is 0.409 e. The van der Waals surface area contributed by atoms with Crippen LogP contribution in [-0.4, -0.2) is 74.2 Å². The molecule has 6 N–H and O–H groups in total. The van der Waals surface area contributed by atoms with Crippen LogP contribution in [0.3, 0.4) is 0 Å². The standard InChI is InChI=1S/C35H48N6O6/c1-24(2)21-38-32(45)35(40-33(46)47-34(3,4)5,28(26-15-10-7-11-16-26)19-25-13-8-6-9-14-25)41(30(43)17-12-18-42)31(44)29(36)20-27-22-37-23-39-27/h6-11,13-16,22-24,28-29,42H,12,17-21,36H2,1-5H3,(H,37,39)(H,38,45)(H,40,46)/t28-,29+,35+/m0/s1. The smallest absolute Gasteiger partial charge is 0.409 e. The molecular weight excluding hydrogens is 600 g/mol. The number of nitrogens with zero attached hydrogens (tertiary/aromatic N) is 2. The lowest BCUT2D eigenvalue weighted by molar-refractivity contribution is -0.164. The highest BCUT2D eigenvalue weighted by Crippen LogP contribution is 2.37. The van der Waals surface area contributed by atoms with Crippen LogP contribution >= 0.6 is 0 Å². The molecule has 0 aliphatic heterocycles. The number of aliphatic hydroxyl groups is 1. The van der Waals surface area contributed by atoms with Crippen molar-refractivity contribution in [2.75, 3.05) is 13.2 Å². The van der Waals surface area contributed by atoms with Gasteiger partial charge in [0.05, 0.1) is 18.1 Å². The highest BCUT2D eigenvalue weighted by atomic mass is 16.6. The average Bonchev–Trinajstić information content (AvgIpc) is 3.54. The molecule has 4 amide bonds. The van der Waals surface area contributed by atoms with Gasteiger partial charge in [-0.15, -0.1) is 0 Å². The Balaban J connectivity index is 2.40.